The van der Waals surface area contributed by atoms with E-state index in [-0.39, 0.29) is 11.9 Å². The van der Waals surface area contributed by atoms with E-state index in [9.17, 15) is 4.79 Å². The molecule has 0 aliphatic heterocycles. The van der Waals surface area contributed by atoms with Crippen molar-refractivity contribution < 1.29 is 4.79 Å². The summed E-state index contributed by atoms with van der Waals surface area (Å²) in [5.41, 5.74) is 3.34. The molecule has 1 saturated carbocycles. The van der Waals surface area contributed by atoms with Gasteiger partial charge in [0.05, 0.1) is 6.54 Å². The lowest BCUT2D eigenvalue weighted by atomic mass is 10.2. The third-order valence-corrected chi connectivity index (χ3v) is 5.26. The Morgan fingerprint density at radius 1 is 1.00 bits per heavy atom. The first-order valence-corrected chi connectivity index (χ1v) is 10.2. The Kier molecular flexibility index (Phi) is 5.84. The highest BCUT2D eigenvalue weighted by Crippen LogP contribution is 2.25. The molecule has 1 heterocycles. The van der Waals surface area contributed by atoms with Crippen molar-refractivity contribution in [3.8, 4) is 0 Å². The summed E-state index contributed by atoms with van der Waals surface area (Å²) >= 11 is 0. The maximum absolute atomic E-state index is 12.8. The Labute approximate surface area is 171 Å². The molecule has 0 unspecified atom stereocenters. The quantitative estimate of drug-likeness (QED) is 0.661. The van der Waals surface area contributed by atoms with Gasteiger partial charge in [-0.25, -0.2) is 9.97 Å². The van der Waals surface area contributed by atoms with E-state index in [1.165, 1.54) is 12.8 Å². The first-order valence-electron chi connectivity index (χ1n) is 10.2. The largest absolute Gasteiger partial charge is 0.348 e. The number of anilines is 2. The third kappa shape index (κ3) is 4.80. The Morgan fingerprint density at radius 3 is 2.34 bits per heavy atom. The molecular formula is C24H26N4O. The molecule has 0 saturated heterocycles. The normalized spacial score (nSPS) is 14.0. The number of nitrogens with one attached hydrogen (secondary N) is 1. The molecule has 148 valence electrons. The van der Waals surface area contributed by atoms with Crippen molar-refractivity contribution in [1.29, 1.82) is 0 Å². The molecule has 0 atom stereocenters. The fourth-order valence-electron chi connectivity index (χ4n) is 3.77. The van der Waals surface area contributed by atoms with E-state index < -0.39 is 0 Å². The number of aryl methyl sites for hydroxylation is 1. The van der Waals surface area contributed by atoms with Crippen LogP contribution in [0.15, 0.2) is 66.7 Å². The lowest BCUT2D eigenvalue weighted by molar-refractivity contribution is 0.0932. The summed E-state index contributed by atoms with van der Waals surface area (Å²) in [6, 6.07) is 22.3. The lowest BCUT2D eigenvalue weighted by Crippen LogP contribution is -2.33. The van der Waals surface area contributed by atoms with Gasteiger partial charge in [-0.3, -0.25) is 4.79 Å². The van der Waals surface area contributed by atoms with Crippen molar-refractivity contribution in [2.24, 2.45) is 0 Å². The molecule has 1 aromatic heterocycles. The minimum Gasteiger partial charge on any atom is -0.348 e. The summed E-state index contributed by atoms with van der Waals surface area (Å²) in [6.45, 7) is 2.53. The van der Waals surface area contributed by atoms with E-state index in [2.05, 4.69) is 32.3 Å². The van der Waals surface area contributed by atoms with Gasteiger partial charge in [-0.05, 0) is 43.5 Å². The van der Waals surface area contributed by atoms with Crippen LogP contribution in [0.4, 0.5) is 11.6 Å². The van der Waals surface area contributed by atoms with E-state index in [0.29, 0.717) is 18.2 Å². The number of benzene rings is 2. The SMILES string of the molecule is Cc1cc(C(=O)NC2CCCC2)nc(N(Cc2ccccc2)c2ccccc2)n1. The lowest BCUT2D eigenvalue weighted by Gasteiger charge is -2.24. The zero-order valence-corrected chi connectivity index (χ0v) is 16.7. The average Bonchev–Trinajstić information content (AvgIpc) is 3.26. The molecule has 1 aliphatic carbocycles. The minimum absolute atomic E-state index is 0.114. The van der Waals surface area contributed by atoms with Gasteiger partial charge in [-0.1, -0.05) is 61.4 Å². The number of hydrogen-bond acceptors (Lipinski definition) is 4. The van der Waals surface area contributed by atoms with Crippen LogP contribution in [0.2, 0.25) is 0 Å². The molecule has 0 radical (unpaired) electrons. The van der Waals surface area contributed by atoms with Crippen LogP contribution in [0.5, 0.6) is 0 Å². The van der Waals surface area contributed by atoms with Crippen LogP contribution in [0.3, 0.4) is 0 Å². The van der Waals surface area contributed by atoms with Crippen molar-refractivity contribution in [2.45, 2.75) is 45.2 Å². The van der Waals surface area contributed by atoms with E-state index >= 15 is 0 Å². The topological polar surface area (TPSA) is 58.1 Å². The zero-order valence-electron chi connectivity index (χ0n) is 16.7. The fraction of sp³-hybridized carbons (Fsp3) is 0.292. The second-order valence-electron chi connectivity index (χ2n) is 7.56. The zero-order chi connectivity index (χ0) is 20.1. The number of rotatable bonds is 6. The van der Waals surface area contributed by atoms with E-state index in [1.54, 1.807) is 6.07 Å². The molecule has 1 fully saturated rings. The number of carbonyl (C=O) groups is 1. The first kappa shape index (κ1) is 19.1. The molecule has 5 heteroatoms. The Hall–Kier alpha value is -3.21. The summed E-state index contributed by atoms with van der Waals surface area (Å²) in [6.07, 6.45) is 4.45. The van der Waals surface area contributed by atoms with Crippen LogP contribution in [-0.4, -0.2) is 21.9 Å². The summed E-state index contributed by atoms with van der Waals surface area (Å²) in [4.78, 5) is 24.2. The summed E-state index contributed by atoms with van der Waals surface area (Å²) in [5, 5.41) is 3.13. The van der Waals surface area contributed by atoms with Gasteiger partial charge < -0.3 is 10.2 Å². The maximum Gasteiger partial charge on any atom is 0.270 e. The van der Waals surface area contributed by atoms with Gasteiger partial charge >= 0.3 is 0 Å². The summed E-state index contributed by atoms with van der Waals surface area (Å²) < 4.78 is 0. The smallest absolute Gasteiger partial charge is 0.270 e. The molecule has 2 aromatic carbocycles. The number of aromatic nitrogens is 2. The van der Waals surface area contributed by atoms with Crippen molar-refractivity contribution in [2.75, 3.05) is 4.90 Å². The highest BCUT2D eigenvalue weighted by Gasteiger charge is 2.21. The number of carbonyl (C=O) groups excluding carboxylic acids is 1. The summed E-state index contributed by atoms with van der Waals surface area (Å²) in [5.74, 6) is 0.424. The van der Waals surface area contributed by atoms with Gasteiger partial charge in [0.25, 0.3) is 5.91 Å². The van der Waals surface area contributed by atoms with E-state index in [0.717, 1.165) is 29.8 Å². The molecule has 1 N–H and O–H groups in total. The monoisotopic (exact) mass is 386 g/mol. The number of nitrogens with zero attached hydrogens (tertiary/aromatic N) is 3. The number of hydrogen-bond donors (Lipinski definition) is 1. The van der Waals surface area contributed by atoms with Crippen molar-refractivity contribution in [3.05, 3.63) is 83.7 Å². The van der Waals surface area contributed by atoms with Crippen molar-refractivity contribution >= 4 is 17.5 Å². The van der Waals surface area contributed by atoms with Gasteiger partial charge in [0, 0.05) is 17.4 Å². The van der Waals surface area contributed by atoms with Crippen LogP contribution >= 0.6 is 0 Å². The second-order valence-corrected chi connectivity index (χ2v) is 7.56. The molecule has 0 spiro atoms. The van der Waals surface area contributed by atoms with Crippen molar-refractivity contribution in [1.82, 2.24) is 15.3 Å². The molecule has 3 aromatic rings. The molecule has 29 heavy (non-hydrogen) atoms. The standard InChI is InChI=1S/C24H26N4O/c1-18-16-22(23(29)26-20-12-8-9-13-20)27-24(25-18)28(21-14-6-3-7-15-21)17-19-10-4-2-5-11-19/h2-7,10-11,14-16,20H,8-9,12-13,17H2,1H3,(H,26,29). The molecule has 0 bridgehead atoms. The van der Waals surface area contributed by atoms with E-state index in [4.69, 9.17) is 0 Å². The Balaban J connectivity index is 1.66. The maximum atomic E-state index is 12.8. The van der Waals surface area contributed by atoms with Crippen LogP contribution in [0, 0.1) is 6.92 Å². The predicted octanol–water partition coefficient (Wildman–Crippen LogP) is 4.80. The highest BCUT2D eigenvalue weighted by molar-refractivity contribution is 5.93. The van der Waals surface area contributed by atoms with Crippen LogP contribution in [0.25, 0.3) is 0 Å². The van der Waals surface area contributed by atoms with Gasteiger partial charge in [0.15, 0.2) is 0 Å². The Morgan fingerprint density at radius 2 is 1.66 bits per heavy atom. The molecule has 4 rings (SSSR count). The molecule has 1 amide bonds. The number of para-hydroxylation sites is 1. The minimum atomic E-state index is -0.114. The highest BCUT2D eigenvalue weighted by atomic mass is 16.1. The van der Waals surface area contributed by atoms with E-state index in [1.807, 2.05) is 55.5 Å². The van der Waals surface area contributed by atoms with Crippen molar-refractivity contribution in [3.63, 3.8) is 0 Å². The van der Waals surface area contributed by atoms with Crippen LogP contribution in [-0.2, 0) is 6.54 Å². The van der Waals surface area contributed by atoms with Gasteiger partial charge in [0.2, 0.25) is 5.95 Å². The van der Waals surface area contributed by atoms with Gasteiger partial charge in [-0.15, -0.1) is 0 Å². The molecular weight excluding hydrogens is 360 g/mol. The third-order valence-electron chi connectivity index (χ3n) is 5.26. The summed E-state index contributed by atoms with van der Waals surface area (Å²) in [7, 11) is 0. The molecule has 5 nitrogen and oxygen atoms in total. The fourth-order valence-corrected chi connectivity index (χ4v) is 3.77. The van der Waals surface area contributed by atoms with Crippen LogP contribution in [0.1, 0.15) is 47.4 Å². The average molecular weight is 386 g/mol. The van der Waals surface area contributed by atoms with Crippen LogP contribution < -0.4 is 10.2 Å². The number of amides is 1. The predicted molar refractivity (Wildman–Crippen MR) is 115 cm³/mol. The Bertz CT molecular complexity index is 953. The molecule has 1 aliphatic rings. The van der Waals surface area contributed by atoms with Gasteiger partial charge in [0.1, 0.15) is 5.69 Å². The van der Waals surface area contributed by atoms with Gasteiger partial charge in [-0.2, -0.15) is 0 Å². The second kappa shape index (κ2) is 8.86. The first-order chi connectivity index (χ1) is 14.2.